The fourth-order valence-corrected chi connectivity index (χ4v) is 3.39. The van der Waals surface area contributed by atoms with Crippen molar-refractivity contribution in [3.8, 4) is 0 Å². The first-order valence-corrected chi connectivity index (χ1v) is 9.18. The van der Waals surface area contributed by atoms with Crippen molar-refractivity contribution in [3.63, 3.8) is 0 Å². The van der Waals surface area contributed by atoms with Crippen LogP contribution in [-0.2, 0) is 9.53 Å². The zero-order valence-corrected chi connectivity index (χ0v) is 15.2. The van der Waals surface area contributed by atoms with E-state index in [1.807, 2.05) is 13.0 Å². The largest absolute Gasteiger partial charge is 0.465 e. The molecule has 3 aromatic rings. The normalized spacial score (nSPS) is 12.0. The molecule has 26 heavy (non-hydrogen) atoms. The Bertz CT molecular complexity index is 840. The quantitative estimate of drug-likeness (QED) is 0.481. The van der Waals surface area contributed by atoms with E-state index in [1.165, 1.54) is 21.9 Å². The van der Waals surface area contributed by atoms with Gasteiger partial charge in [-0.25, -0.2) is 0 Å². The van der Waals surface area contributed by atoms with Crippen LogP contribution in [0.1, 0.15) is 30.4 Å². The Kier molecular flexibility index (Phi) is 6.39. The van der Waals surface area contributed by atoms with Crippen LogP contribution in [0, 0.1) is 0 Å². The number of benzene rings is 3. The van der Waals surface area contributed by atoms with Gasteiger partial charge in [-0.05, 0) is 41.8 Å². The smallest absolute Gasteiger partial charge is 0.319 e. The molecule has 0 saturated heterocycles. The van der Waals surface area contributed by atoms with Gasteiger partial charge in [-0.2, -0.15) is 0 Å². The summed E-state index contributed by atoms with van der Waals surface area (Å²) in [5, 5.41) is 5.75. The van der Waals surface area contributed by atoms with E-state index in [-0.39, 0.29) is 18.4 Å². The number of rotatable bonds is 8. The molecular formula is C23H25NO2. The highest BCUT2D eigenvalue weighted by Gasteiger charge is 2.16. The van der Waals surface area contributed by atoms with Crippen molar-refractivity contribution >= 4 is 16.7 Å². The van der Waals surface area contributed by atoms with Crippen LogP contribution >= 0.6 is 0 Å². The summed E-state index contributed by atoms with van der Waals surface area (Å²) in [6, 6.07) is 25.6. The predicted octanol–water partition coefficient (Wildman–Crippen LogP) is 4.51. The number of nitrogens with one attached hydrogen (secondary N) is 1. The SMILES string of the molecule is CCOC(=O)CNCCC(c1ccccc1)c1cccc2ccccc12. The van der Waals surface area contributed by atoms with Gasteiger partial charge < -0.3 is 10.1 Å². The lowest BCUT2D eigenvalue weighted by molar-refractivity contribution is -0.141. The minimum absolute atomic E-state index is 0.200. The van der Waals surface area contributed by atoms with Gasteiger partial charge in [-0.1, -0.05) is 72.8 Å². The second-order valence-electron chi connectivity index (χ2n) is 6.30. The van der Waals surface area contributed by atoms with Crippen molar-refractivity contribution < 1.29 is 9.53 Å². The average molecular weight is 347 g/mol. The Labute approximate surface area is 155 Å². The third-order valence-electron chi connectivity index (χ3n) is 4.59. The van der Waals surface area contributed by atoms with Crippen LogP contribution in [0.3, 0.4) is 0 Å². The van der Waals surface area contributed by atoms with Gasteiger partial charge in [0.15, 0.2) is 0 Å². The summed E-state index contributed by atoms with van der Waals surface area (Å²) < 4.78 is 4.97. The Hall–Kier alpha value is -2.65. The molecule has 1 atom stereocenters. The van der Waals surface area contributed by atoms with Crippen molar-refractivity contribution in [2.75, 3.05) is 19.7 Å². The molecule has 0 amide bonds. The first kappa shape index (κ1) is 18.2. The van der Waals surface area contributed by atoms with Gasteiger partial charge in [0.1, 0.15) is 0 Å². The molecule has 0 radical (unpaired) electrons. The fraction of sp³-hybridized carbons (Fsp3) is 0.261. The second kappa shape index (κ2) is 9.16. The molecule has 0 fully saturated rings. The molecule has 3 nitrogen and oxygen atoms in total. The van der Waals surface area contributed by atoms with E-state index in [9.17, 15) is 4.79 Å². The molecule has 0 aliphatic heterocycles. The molecule has 1 unspecified atom stereocenters. The summed E-state index contributed by atoms with van der Waals surface area (Å²) in [4.78, 5) is 11.5. The van der Waals surface area contributed by atoms with Crippen LogP contribution < -0.4 is 5.32 Å². The summed E-state index contributed by atoms with van der Waals surface area (Å²) in [6.45, 7) is 3.25. The van der Waals surface area contributed by atoms with Gasteiger partial charge in [0.2, 0.25) is 0 Å². The molecular weight excluding hydrogens is 322 g/mol. The molecule has 0 spiro atoms. The minimum atomic E-state index is -0.200. The number of hydrogen-bond donors (Lipinski definition) is 1. The lowest BCUT2D eigenvalue weighted by Gasteiger charge is -2.20. The summed E-state index contributed by atoms with van der Waals surface area (Å²) in [5.41, 5.74) is 2.62. The Balaban J connectivity index is 1.81. The number of carbonyl (C=O) groups is 1. The van der Waals surface area contributed by atoms with E-state index in [0.717, 1.165) is 13.0 Å². The van der Waals surface area contributed by atoms with Crippen molar-refractivity contribution in [3.05, 3.63) is 83.9 Å². The maximum absolute atomic E-state index is 11.5. The molecule has 0 aliphatic rings. The fourth-order valence-electron chi connectivity index (χ4n) is 3.39. The molecule has 0 saturated carbocycles. The monoisotopic (exact) mass is 347 g/mol. The third kappa shape index (κ3) is 4.50. The second-order valence-corrected chi connectivity index (χ2v) is 6.30. The highest BCUT2D eigenvalue weighted by atomic mass is 16.5. The number of carbonyl (C=O) groups excluding carboxylic acids is 1. The van der Waals surface area contributed by atoms with Crippen LogP contribution in [0.4, 0.5) is 0 Å². The van der Waals surface area contributed by atoms with E-state index < -0.39 is 0 Å². The van der Waals surface area contributed by atoms with Crippen LogP contribution in [0.25, 0.3) is 10.8 Å². The molecule has 0 heterocycles. The van der Waals surface area contributed by atoms with E-state index in [4.69, 9.17) is 4.74 Å². The minimum Gasteiger partial charge on any atom is -0.465 e. The Morgan fingerprint density at radius 3 is 2.50 bits per heavy atom. The Morgan fingerprint density at radius 1 is 0.962 bits per heavy atom. The maximum Gasteiger partial charge on any atom is 0.319 e. The van der Waals surface area contributed by atoms with Crippen LogP contribution in [-0.4, -0.2) is 25.7 Å². The highest BCUT2D eigenvalue weighted by Crippen LogP contribution is 2.32. The first-order chi connectivity index (χ1) is 12.8. The summed E-state index contributed by atoms with van der Waals surface area (Å²) >= 11 is 0. The zero-order chi connectivity index (χ0) is 18.2. The number of hydrogen-bond acceptors (Lipinski definition) is 3. The lowest BCUT2D eigenvalue weighted by Crippen LogP contribution is -2.26. The van der Waals surface area contributed by atoms with Crippen LogP contribution in [0.15, 0.2) is 72.8 Å². The van der Waals surface area contributed by atoms with Crippen molar-refractivity contribution in [1.29, 1.82) is 0 Å². The molecule has 3 rings (SSSR count). The lowest BCUT2D eigenvalue weighted by atomic mass is 9.85. The van der Waals surface area contributed by atoms with Gasteiger partial charge in [0, 0.05) is 5.92 Å². The summed E-state index contributed by atoms with van der Waals surface area (Å²) in [5.74, 6) is 0.0749. The standard InChI is InChI=1S/C23H25NO2/c1-2-26-23(25)17-24-16-15-21(18-9-4-3-5-10-18)22-14-8-12-19-11-6-7-13-20(19)22/h3-14,21,24H,2,15-17H2,1H3. The van der Waals surface area contributed by atoms with E-state index in [0.29, 0.717) is 6.61 Å². The van der Waals surface area contributed by atoms with Gasteiger partial charge in [0.05, 0.1) is 13.2 Å². The van der Waals surface area contributed by atoms with Crippen molar-refractivity contribution in [1.82, 2.24) is 5.32 Å². The number of fused-ring (bicyclic) bond motifs is 1. The van der Waals surface area contributed by atoms with Crippen molar-refractivity contribution in [2.45, 2.75) is 19.3 Å². The van der Waals surface area contributed by atoms with E-state index >= 15 is 0 Å². The zero-order valence-electron chi connectivity index (χ0n) is 15.2. The number of ether oxygens (including phenoxy) is 1. The molecule has 0 aromatic heterocycles. The third-order valence-corrected chi connectivity index (χ3v) is 4.59. The summed E-state index contributed by atoms with van der Waals surface area (Å²) in [7, 11) is 0. The van der Waals surface area contributed by atoms with Gasteiger partial charge in [-0.3, -0.25) is 4.79 Å². The van der Waals surface area contributed by atoms with Gasteiger partial charge in [0.25, 0.3) is 0 Å². The van der Waals surface area contributed by atoms with E-state index in [2.05, 4.69) is 72.0 Å². The van der Waals surface area contributed by atoms with E-state index in [1.54, 1.807) is 0 Å². The Morgan fingerprint density at radius 2 is 1.69 bits per heavy atom. The summed E-state index contributed by atoms with van der Waals surface area (Å²) in [6.07, 6.45) is 0.914. The first-order valence-electron chi connectivity index (χ1n) is 9.18. The molecule has 3 aromatic carbocycles. The van der Waals surface area contributed by atoms with Crippen LogP contribution in [0.2, 0.25) is 0 Å². The number of esters is 1. The highest BCUT2D eigenvalue weighted by molar-refractivity contribution is 5.86. The van der Waals surface area contributed by atoms with Gasteiger partial charge in [-0.15, -0.1) is 0 Å². The van der Waals surface area contributed by atoms with Crippen LogP contribution in [0.5, 0.6) is 0 Å². The maximum atomic E-state index is 11.5. The molecule has 0 bridgehead atoms. The predicted molar refractivity (Wildman–Crippen MR) is 106 cm³/mol. The molecule has 0 aliphatic carbocycles. The average Bonchev–Trinajstić information content (AvgIpc) is 2.69. The molecule has 3 heteroatoms. The molecule has 134 valence electrons. The van der Waals surface area contributed by atoms with Crippen molar-refractivity contribution in [2.24, 2.45) is 0 Å². The van der Waals surface area contributed by atoms with Gasteiger partial charge >= 0.3 is 5.97 Å². The topological polar surface area (TPSA) is 38.3 Å². The molecule has 1 N–H and O–H groups in total.